The third-order valence-electron chi connectivity index (χ3n) is 2.27. The van der Waals surface area contributed by atoms with Gasteiger partial charge in [0, 0.05) is 9.35 Å². The maximum absolute atomic E-state index is 11.6. The average Bonchev–Trinajstić information content (AvgIpc) is 2.81. The highest BCUT2D eigenvalue weighted by molar-refractivity contribution is 9.10. The Morgan fingerprint density at radius 3 is 2.63 bits per heavy atom. The third kappa shape index (κ3) is 4.86. The van der Waals surface area contributed by atoms with Gasteiger partial charge in [-0.2, -0.15) is 0 Å². The first-order chi connectivity index (χ1) is 9.13. The van der Waals surface area contributed by atoms with Gasteiger partial charge in [-0.05, 0) is 36.4 Å². The molecule has 0 radical (unpaired) electrons. The van der Waals surface area contributed by atoms with E-state index >= 15 is 0 Å². The number of rotatable bonds is 5. The smallest absolute Gasteiger partial charge is 0.258 e. The standard InChI is InChI=1S/C13H11BrClNO2S/c14-9-1-3-10(4-2-9)18-8-13(17)16-7-11-5-6-12(15)19-11/h1-6H,7-8H2,(H,16,17). The minimum absolute atomic E-state index is 0.000734. The van der Waals surface area contributed by atoms with Gasteiger partial charge in [-0.15, -0.1) is 11.3 Å². The summed E-state index contributed by atoms with van der Waals surface area (Å²) in [6.45, 7) is 0.473. The predicted molar refractivity (Wildman–Crippen MR) is 80.8 cm³/mol. The summed E-state index contributed by atoms with van der Waals surface area (Å²) in [7, 11) is 0. The summed E-state index contributed by atoms with van der Waals surface area (Å²) in [5, 5.41) is 2.77. The van der Waals surface area contributed by atoms with Crippen molar-refractivity contribution >= 4 is 44.8 Å². The van der Waals surface area contributed by atoms with Gasteiger partial charge in [0.05, 0.1) is 10.9 Å². The molecule has 19 heavy (non-hydrogen) atoms. The molecule has 1 aromatic carbocycles. The Hall–Kier alpha value is -1.04. The lowest BCUT2D eigenvalue weighted by molar-refractivity contribution is -0.123. The van der Waals surface area contributed by atoms with Crippen LogP contribution in [0.4, 0.5) is 0 Å². The Bertz CT molecular complexity index is 556. The van der Waals surface area contributed by atoms with E-state index in [-0.39, 0.29) is 12.5 Å². The first-order valence-electron chi connectivity index (χ1n) is 5.53. The minimum Gasteiger partial charge on any atom is -0.484 e. The normalized spacial score (nSPS) is 10.2. The van der Waals surface area contributed by atoms with Crippen molar-refractivity contribution in [3.05, 3.63) is 50.1 Å². The quantitative estimate of drug-likeness (QED) is 0.879. The van der Waals surface area contributed by atoms with E-state index < -0.39 is 0 Å². The maximum Gasteiger partial charge on any atom is 0.258 e. The van der Waals surface area contributed by atoms with E-state index in [1.807, 2.05) is 24.3 Å². The maximum atomic E-state index is 11.6. The molecule has 3 nitrogen and oxygen atoms in total. The fourth-order valence-electron chi connectivity index (χ4n) is 1.36. The molecule has 100 valence electrons. The second-order valence-corrected chi connectivity index (χ2v) is 6.44. The van der Waals surface area contributed by atoms with E-state index in [2.05, 4.69) is 21.2 Å². The number of ether oxygens (including phenoxy) is 1. The monoisotopic (exact) mass is 359 g/mol. The number of amides is 1. The van der Waals surface area contributed by atoms with Gasteiger partial charge in [0.1, 0.15) is 5.75 Å². The SMILES string of the molecule is O=C(COc1ccc(Br)cc1)NCc1ccc(Cl)s1. The van der Waals surface area contributed by atoms with E-state index in [0.717, 1.165) is 13.7 Å². The van der Waals surface area contributed by atoms with Gasteiger partial charge < -0.3 is 10.1 Å². The molecule has 0 fully saturated rings. The van der Waals surface area contributed by atoms with Crippen LogP contribution in [0.15, 0.2) is 40.9 Å². The van der Waals surface area contributed by atoms with Crippen LogP contribution < -0.4 is 10.1 Å². The van der Waals surface area contributed by atoms with Crippen molar-refractivity contribution in [3.8, 4) is 5.75 Å². The molecule has 1 amide bonds. The number of nitrogens with one attached hydrogen (secondary N) is 1. The molecule has 0 saturated carbocycles. The molecule has 0 atom stereocenters. The first kappa shape index (κ1) is 14.4. The Kier molecular flexibility index (Phi) is 5.24. The molecule has 0 aliphatic rings. The van der Waals surface area contributed by atoms with Gasteiger partial charge in [0.15, 0.2) is 6.61 Å². The van der Waals surface area contributed by atoms with Crippen LogP contribution >= 0.6 is 38.9 Å². The van der Waals surface area contributed by atoms with Crippen molar-refractivity contribution in [2.75, 3.05) is 6.61 Å². The lowest BCUT2D eigenvalue weighted by Crippen LogP contribution is -2.28. The number of thiophene rings is 1. The molecular weight excluding hydrogens is 350 g/mol. The third-order valence-corrected chi connectivity index (χ3v) is 4.03. The molecule has 0 spiro atoms. The minimum atomic E-state index is -0.160. The summed E-state index contributed by atoms with van der Waals surface area (Å²) >= 11 is 10.6. The van der Waals surface area contributed by atoms with Crippen molar-refractivity contribution in [3.63, 3.8) is 0 Å². The molecule has 0 saturated heterocycles. The lowest BCUT2D eigenvalue weighted by atomic mass is 10.3. The molecule has 1 aromatic heterocycles. The van der Waals surface area contributed by atoms with E-state index in [9.17, 15) is 4.79 Å². The van der Waals surface area contributed by atoms with Crippen LogP contribution in [0, 0.1) is 0 Å². The van der Waals surface area contributed by atoms with Crippen LogP contribution in [0.2, 0.25) is 4.34 Å². The second kappa shape index (κ2) is 6.93. The summed E-state index contributed by atoms with van der Waals surface area (Å²) in [5.41, 5.74) is 0. The van der Waals surface area contributed by atoms with Crippen LogP contribution in [0.3, 0.4) is 0 Å². The van der Waals surface area contributed by atoms with Crippen LogP contribution in [-0.2, 0) is 11.3 Å². The molecule has 2 aromatic rings. The van der Waals surface area contributed by atoms with Gasteiger partial charge in [-0.1, -0.05) is 27.5 Å². The Morgan fingerprint density at radius 1 is 1.26 bits per heavy atom. The second-order valence-electron chi connectivity index (χ2n) is 3.73. The molecule has 6 heteroatoms. The largest absolute Gasteiger partial charge is 0.484 e. The molecule has 0 aliphatic carbocycles. The van der Waals surface area contributed by atoms with Crippen molar-refractivity contribution in [2.45, 2.75) is 6.54 Å². The Morgan fingerprint density at radius 2 is 2.00 bits per heavy atom. The van der Waals surface area contributed by atoms with Crippen LogP contribution in [0.25, 0.3) is 0 Å². The molecule has 0 aliphatic heterocycles. The van der Waals surface area contributed by atoms with Crippen molar-refractivity contribution < 1.29 is 9.53 Å². The highest BCUT2D eigenvalue weighted by Gasteiger charge is 2.04. The summed E-state index contributed by atoms with van der Waals surface area (Å²) in [6.07, 6.45) is 0. The van der Waals surface area contributed by atoms with Crippen molar-refractivity contribution in [1.29, 1.82) is 0 Å². The molecule has 0 unspecified atom stereocenters. The number of benzene rings is 1. The van der Waals surface area contributed by atoms with Crippen molar-refractivity contribution in [2.24, 2.45) is 0 Å². The number of carbonyl (C=O) groups is 1. The highest BCUT2D eigenvalue weighted by atomic mass is 79.9. The summed E-state index contributed by atoms with van der Waals surface area (Å²) in [4.78, 5) is 12.6. The van der Waals surface area contributed by atoms with Crippen LogP contribution in [-0.4, -0.2) is 12.5 Å². The summed E-state index contributed by atoms with van der Waals surface area (Å²) in [5.74, 6) is 0.505. The zero-order valence-electron chi connectivity index (χ0n) is 9.86. The molecule has 0 bridgehead atoms. The molecule has 2 rings (SSSR count). The fourth-order valence-corrected chi connectivity index (χ4v) is 2.65. The highest BCUT2D eigenvalue weighted by Crippen LogP contribution is 2.21. The summed E-state index contributed by atoms with van der Waals surface area (Å²) in [6, 6.07) is 11.0. The summed E-state index contributed by atoms with van der Waals surface area (Å²) < 4.78 is 7.05. The van der Waals surface area contributed by atoms with E-state index in [1.165, 1.54) is 11.3 Å². The zero-order valence-corrected chi connectivity index (χ0v) is 13.0. The van der Waals surface area contributed by atoms with E-state index in [1.54, 1.807) is 12.1 Å². The van der Waals surface area contributed by atoms with Gasteiger partial charge in [-0.3, -0.25) is 4.79 Å². The van der Waals surface area contributed by atoms with Gasteiger partial charge in [0.25, 0.3) is 5.91 Å². The van der Waals surface area contributed by atoms with Crippen molar-refractivity contribution in [1.82, 2.24) is 5.32 Å². The molecule has 1 N–H and O–H groups in total. The Balaban J connectivity index is 1.74. The number of halogens is 2. The first-order valence-corrected chi connectivity index (χ1v) is 7.51. The van der Waals surface area contributed by atoms with Gasteiger partial charge in [-0.25, -0.2) is 0 Å². The topological polar surface area (TPSA) is 38.3 Å². The van der Waals surface area contributed by atoms with Gasteiger partial charge in [0.2, 0.25) is 0 Å². The predicted octanol–water partition coefficient (Wildman–Crippen LogP) is 3.86. The van der Waals surface area contributed by atoms with Crippen LogP contribution in [0.1, 0.15) is 4.88 Å². The van der Waals surface area contributed by atoms with Gasteiger partial charge >= 0.3 is 0 Å². The number of hydrogen-bond donors (Lipinski definition) is 1. The zero-order chi connectivity index (χ0) is 13.7. The molecule has 1 heterocycles. The number of carbonyl (C=O) groups excluding carboxylic acids is 1. The average molecular weight is 361 g/mol. The fraction of sp³-hybridized carbons (Fsp3) is 0.154. The molecular formula is C13H11BrClNO2S. The van der Waals surface area contributed by atoms with E-state index in [4.69, 9.17) is 16.3 Å². The van der Waals surface area contributed by atoms with E-state index in [0.29, 0.717) is 12.3 Å². The Labute approximate surface area is 128 Å². The van der Waals surface area contributed by atoms with Crippen LogP contribution in [0.5, 0.6) is 5.75 Å². The lowest BCUT2D eigenvalue weighted by Gasteiger charge is -2.06. The number of hydrogen-bond acceptors (Lipinski definition) is 3.